The minimum Gasteiger partial charge on any atom is -0.368 e. The summed E-state index contributed by atoms with van der Waals surface area (Å²) in [6.45, 7) is 6.88. The molecule has 4 nitrogen and oxygen atoms in total. The summed E-state index contributed by atoms with van der Waals surface area (Å²) in [5, 5.41) is 3.15. The molecule has 1 amide bonds. The summed E-state index contributed by atoms with van der Waals surface area (Å²) < 4.78 is 0. The van der Waals surface area contributed by atoms with Crippen LogP contribution < -0.4 is 11.1 Å². The van der Waals surface area contributed by atoms with Crippen LogP contribution in [0, 0.1) is 0 Å². The first-order chi connectivity index (χ1) is 7.65. The van der Waals surface area contributed by atoms with Crippen molar-refractivity contribution in [2.75, 3.05) is 19.6 Å². The van der Waals surface area contributed by atoms with E-state index in [4.69, 9.17) is 5.73 Å². The van der Waals surface area contributed by atoms with Gasteiger partial charge in [0.05, 0.1) is 6.04 Å². The van der Waals surface area contributed by atoms with Crippen LogP contribution in [0.4, 0.5) is 0 Å². The summed E-state index contributed by atoms with van der Waals surface area (Å²) in [6, 6.07) is 0.369. The van der Waals surface area contributed by atoms with Gasteiger partial charge in [-0.15, -0.1) is 0 Å². The van der Waals surface area contributed by atoms with Crippen LogP contribution in [0.25, 0.3) is 0 Å². The largest absolute Gasteiger partial charge is 0.368 e. The Bertz CT molecular complexity index is 220. The normalized spacial score (nSPS) is 25.0. The van der Waals surface area contributed by atoms with E-state index in [1.54, 1.807) is 0 Å². The lowest BCUT2D eigenvalue weighted by Crippen LogP contribution is -2.50. The zero-order chi connectivity index (χ0) is 12.0. The van der Waals surface area contributed by atoms with Gasteiger partial charge in [0, 0.05) is 12.6 Å². The van der Waals surface area contributed by atoms with E-state index in [9.17, 15) is 4.79 Å². The van der Waals surface area contributed by atoms with E-state index in [1.165, 1.54) is 25.7 Å². The molecule has 4 heteroatoms. The molecule has 0 aromatic carbocycles. The van der Waals surface area contributed by atoms with E-state index in [0.29, 0.717) is 6.04 Å². The lowest BCUT2D eigenvalue weighted by atomic mass is 10.1. The van der Waals surface area contributed by atoms with Gasteiger partial charge in [-0.1, -0.05) is 19.8 Å². The zero-order valence-corrected chi connectivity index (χ0v) is 10.5. The summed E-state index contributed by atoms with van der Waals surface area (Å²) in [6.07, 6.45) is 5.09. The molecule has 0 aromatic rings. The van der Waals surface area contributed by atoms with Gasteiger partial charge in [-0.3, -0.25) is 9.69 Å². The highest BCUT2D eigenvalue weighted by Crippen LogP contribution is 2.16. The van der Waals surface area contributed by atoms with Gasteiger partial charge in [0.25, 0.3) is 0 Å². The van der Waals surface area contributed by atoms with Gasteiger partial charge in [0.15, 0.2) is 0 Å². The van der Waals surface area contributed by atoms with Crippen molar-refractivity contribution in [2.45, 2.75) is 51.6 Å². The molecule has 94 valence electrons. The molecular weight excluding hydrogens is 202 g/mol. The highest BCUT2D eigenvalue weighted by Gasteiger charge is 2.22. The number of amides is 1. The van der Waals surface area contributed by atoms with Gasteiger partial charge < -0.3 is 11.1 Å². The van der Waals surface area contributed by atoms with Crippen molar-refractivity contribution in [2.24, 2.45) is 5.73 Å². The quantitative estimate of drug-likeness (QED) is 0.727. The molecule has 1 aliphatic rings. The fourth-order valence-corrected chi connectivity index (χ4v) is 2.34. The standard InChI is InChI=1S/C12H25N3O/c1-3-14-11(12(13)16)9-15-8-6-4-5-7-10(15)2/h10-11,14H,3-9H2,1-2H3,(H2,13,16). The summed E-state index contributed by atoms with van der Waals surface area (Å²) in [4.78, 5) is 13.7. The molecule has 0 aliphatic carbocycles. The van der Waals surface area contributed by atoms with Crippen LogP contribution in [0.2, 0.25) is 0 Å². The van der Waals surface area contributed by atoms with E-state index < -0.39 is 0 Å². The number of nitrogens with zero attached hydrogens (tertiary/aromatic N) is 1. The predicted molar refractivity (Wildman–Crippen MR) is 66.2 cm³/mol. The van der Waals surface area contributed by atoms with Crippen LogP contribution in [-0.4, -0.2) is 42.5 Å². The summed E-state index contributed by atoms with van der Waals surface area (Å²) >= 11 is 0. The lowest BCUT2D eigenvalue weighted by Gasteiger charge is -2.30. The molecule has 3 N–H and O–H groups in total. The van der Waals surface area contributed by atoms with Crippen molar-refractivity contribution < 1.29 is 4.79 Å². The van der Waals surface area contributed by atoms with Gasteiger partial charge >= 0.3 is 0 Å². The van der Waals surface area contributed by atoms with E-state index in [-0.39, 0.29) is 11.9 Å². The number of carbonyl (C=O) groups excluding carboxylic acids is 1. The molecule has 0 radical (unpaired) electrons. The second-order valence-corrected chi connectivity index (χ2v) is 4.71. The Hall–Kier alpha value is -0.610. The van der Waals surface area contributed by atoms with Gasteiger partial charge in [-0.2, -0.15) is 0 Å². The van der Waals surface area contributed by atoms with Crippen LogP contribution in [0.1, 0.15) is 39.5 Å². The molecule has 1 heterocycles. The Labute approximate surface area is 98.6 Å². The Morgan fingerprint density at radius 2 is 2.25 bits per heavy atom. The van der Waals surface area contributed by atoms with Crippen molar-refractivity contribution in [1.82, 2.24) is 10.2 Å². The fraction of sp³-hybridized carbons (Fsp3) is 0.917. The molecule has 1 rings (SSSR count). The maximum absolute atomic E-state index is 11.3. The fourth-order valence-electron chi connectivity index (χ4n) is 2.34. The smallest absolute Gasteiger partial charge is 0.235 e. The number of rotatable bonds is 5. The number of likely N-dealkylation sites (tertiary alicyclic amines) is 1. The van der Waals surface area contributed by atoms with Gasteiger partial charge in [-0.25, -0.2) is 0 Å². The van der Waals surface area contributed by atoms with E-state index in [2.05, 4.69) is 17.1 Å². The van der Waals surface area contributed by atoms with Crippen LogP contribution >= 0.6 is 0 Å². The second kappa shape index (κ2) is 6.86. The molecule has 1 aliphatic heterocycles. The van der Waals surface area contributed by atoms with Gasteiger partial charge in [0.2, 0.25) is 5.91 Å². The van der Waals surface area contributed by atoms with Crippen molar-refractivity contribution in [3.63, 3.8) is 0 Å². The number of nitrogens with two attached hydrogens (primary N) is 1. The van der Waals surface area contributed by atoms with Gasteiger partial charge in [-0.05, 0) is 32.9 Å². The maximum atomic E-state index is 11.3. The number of carbonyl (C=O) groups is 1. The van der Waals surface area contributed by atoms with E-state index >= 15 is 0 Å². The SMILES string of the molecule is CCNC(CN1CCCCCC1C)C(N)=O. The van der Waals surface area contributed by atoms with Crippen LogP contribution in [0.15, 0.2) is 0 Å². The van der Waals surface area contributed by atoms with E-state index in [1.807, 2.05) is 6.92 Å². The Balaban J connectivity index is 2.50. The molecule has 2 atom stereocenters. The molecule has 16 heavy (non-hydrogen) atoms. The predicted octanol–water partition coefficient (Wildman–Crippen LogP) is 0.714. The first kappa shape index (κ1) is 13.5. The number of hydrogen-bond donors (Lipinski definition) is 2. The van der Waals surface area contributed by atoms with Crippen molar-refractivity contribution in [3.05, 3.63) is 0 Å². The summed E-state index contributed by atoms with van der Waals surface area (Å²) in [5.74, 6) is -0.238. The third kappa shape index (κ3) is 4.10. The minimum atomic E-state index is -0.238. The Morgan fingerprint density at radius 1 is 1.50 bits per heavy atom. The first-order valence-electron chi connectivity index (χ1n) is 6.42. The second-order valence-electron chi connectivity index (χ2n) is 4.71. The maximum Gasteiger partial charge on any atom is 0.235 e. The summed E-state index contributed by atoms with van der Waals surface area (Å²) in [5.41, 5.74) is 5.40. The Kier molecular flexibility index (Phi) is 5.77. The molecule has 2 unspecified atom stereocenters. The van der Waals surface area contributed by atoms with E-state index in [0.717, 1.165) is 19.6 Å². The lowest BCUT2D eigenvalue weighted by molar-refractivity contribution is -0.120. The minimum absolute atomic E-state index is 0.203. The number of likely N-dealkylation sites (N-methyl/N-ethyl adjacent to an activating group) is 1. The molecule has 1 fully saturated rings. The van der Waals surface area contributed by atoms with Crippen LogP contribution in [0.3, 0.4) is 0 Å². The molecule has 0 spiro atoms. The number of nitrogens with one attached hydrogen (secondary N) is 1. The zero-order valence-electron chi connectivity index (χ0n) is 10.5. The van der Waals surface area contributed by atoms with Crippen LogP contribution in [0.5, 0.6) is 0 Å². The van der Waals surface area contributed by atoms with Gasteiger partial charge in [0.1, 0.15) is 0 Å². The number of hydrogen-bond acceptors (Lipinski definition) is 3. The van der Waals surface area contributed by atoms with Crippen molar-refractivity contribution in [3.8, 4) is 0 Å². The molecule has 1 saturated heterocycles. The molecule has 0 bridgehead atoms. The monoisotopic (exact) mass is 227 g/mol. The average molecular weight is 227 g/mol. The first-order valence-corrected chi connectivity index (χ1v) is 6.42. The van der Waals surface area contributed by atoms with Crippen molar-refractivity contribution >= 4 is 5.91 Å². The molecule has 0 saturated carbocycles. The third-order valence-corrected chi connectivity index (χ3v) is 3.40. The average Bonchev–Trinajstić information content (AvgIpc) is 2.43. The Morgan fingerprint density at radius 3 is 2.88 bits per heavy atom. The number of primary amides is 1. The highest BCUT2D eigenvalue weighted by molar-refractivity contribution is 5.80. The van der Waals surface area contributed by atoms with Crippen LogP contribution in [-0.2, 0) is 4.79 Å². The molecular formula is C12H25N3O. The highest BCUT2D eigenvalue weighted by atomic mass is 16.1. The molecule has 0 aromatic heterocycles. The summed E-state index contributed by atoms with van der Waals surface area (Å²) in [7, 11) is 0. The topological polar surface area (TPSA) is 58.4 Å². The third-order valence-electron chi connectivity index (χ3n) is 3.40. The van der Waals surface area contributed by atoms with Crippen molar-refractivity contribution in [1.29, 1.82) is 0 Å².